The van der Waals surface area contributed by atoms with E-state index in [1.165, 1.54) is 4.47 Å². The molecule has 0 rings (SSSR count). The molecule has 0 heterocycles. The summed E-state index contributed by atoms with van der Waals surface area (Å²) in [5.74, 6) is 0. The van der Waals surface area contributed by atoms with E-state index in [9.17, 15) is 0 Å². The van der Waals surface area contributed by atoms with Gasteiger partial charge in [-0.15, -0.1) is 0 Å². The topological polar surface area (TPSA) is 0 Å². The quantitative estimate of drug-likeness (QED) is 0.625. The van der Waals surface area contributed by atoms with Gasteiger partial charge in [-0.1, -0.05) is 0 Å². The first-order valence-corrected chi connectivity index (χ1v) is 6.62. The molecule has 0 fully saturated rings. The third kappa shape index (κ3) is 2.91. The molecule has 40 valence electrons. The van der Waals surface area contributed by atoms with Crippen LogP contribution in [-0.2, 0) is 0 Å². The summed E-state index contributed by atoms with van der Waals surface area (Å²) < 4.78 is 5.45. The van der Waals surface area contributed by atoms with Gasteiger partial charge in [0.1, 0.15) is 0 Å². The Labute approximate surface area is 52.6 Å². The van der Waals surface area contributed by atoms with Gasteiger partial charge in [-0.25, -0.2) is 0 Å². The second kappa shape index (κ2) is 4.43. The molecule has 0 bridgehead atoms. The maximum absolute atomic E-state index is 3.71. The monoisotopic (exact) mass is 213 g/mol. The molecule has 0 N–H and O–H groups in total. The number of rotatable bonds is 3. The zero-order chi connectivity index (χ0) is 5.70. The third-order valence-electron chi connectivity index (χ3n) is 0.761. The second-order valence-electron chi connectivity index (χ2n) is 1.09. The van der Waals surface area contributed by atoms with Crippen molar-refractivity contribution < 1.29 is 0 Å². The molecule has 0 atom stereocenters. The van der Waals surface area contributed by atoms with Gasteiger partial charge in [0.15, 0.2) is 0 Å². The molecular formula is C6H11Te+. The van der Waals surface area contributed by atoms with Crippen LogP contribution in [-0.4, -0.2) is 19.6 Å². The SMILES string of the molecule is C=C[Te+](C=C)CC. The molecule has 0 aliphatic heterocycles. The summed E-state index contributed by atoms with van der Waals surface area (Å²) in [5, 5.41) is 0. The Morgan fingerprint density at radius 1 is 1.43 bits per heavy atom. The Bertz CT molecular complexity index is 58.6. The molecule has 0 aromatic carbocycles. The molecular weight excluding hydrogens is 200 g/mol. The summed E-state index contributed by atoms with van der Waals surface area (Å²) in [6, 6.07) is 0. The van der Waals surface area contributed by atoms with E-state index in [2.05, 4.69) is 28.3 Å². The molecule has 0 aromatic rings. The summed E-state index contributed by atoms with van der Waals surface area (Å²) in [7, 11) is 0. The first-order valence-electron chi connectivity index (χ1n) is 2.28. The van der Waals surface area contributed by atoms with Gasteiger partial charge < -0.3 is 0 Å². The number of hydrogen-bond acceptors (Lipinski definition) is 0. The van der Waals surface area contributed by atoms with Crippen molar-refractivity contribution in [1.29, 1.82) is 0 Å². The van der Waals surface area contributed by atoms with E-state index < -0.39 is 19.6 Å². The van der Waals surface area contributed by atoms with Gasteiger partial charge in [0, 0.05) is 0 Å². The van der Waals surface area contributed by atoms with Crippen LogP contribution in [0.4, 0.5) is 0 Å². The van der Waals surface area contributed by atoms with Crippen LogP contribution in [0.3, 0.4) is 0 Å². The molecule has 0 saturated carbocycles. The van der Waals surface area contributed by atoms with E-state index in [1.807, 2.05) is 0 Å². The van der Waals surface area contributed by atoms with Crippen LogP contribution in [0.5, 0.6) is 0 Å². The summed E-state index contributed by atoms with van der Waals surface area (Å²) in [5.41, 5.74) is 0. The fraction of sp³-hybridized carbons (Fsp3) is 0.333. The second-order valence-corrected chi connectivity index (χ2v) is 7.32. The minimum atomic E-state index is -0.903. The van der Waals surface area contributed by atoms with Crippen LogP contribution in [0.25, 0.3) is 0 Å². The summed E-state index contributed by atoms with van der Waals surface area (Å²) in [6.45, 7) is 9.61. The maximum atomic E-state index is 3.71. The average Bonchev–Trinajstić information content (AvgIpc) is 1.72. The van der Waals surface area contributed by atoms with Crippen LogP contribution < -0.4 is 0 Å². The number of hydrogen-bond donors (Lipinski definition) is 0. The van der Waals surface area contributed by atoms with E-state index in [4.69, 9.17) is 0 Å². The average molecular weight is 211 g/mol. The van der Waals surface area contributed by atoms with E-state index in [-0.39, 0.29) is 0 Å². The minimum absolute atomic E-state index is 0.903. The van der Waals surface area contributed by atoms with E-state index in [0.29, 0.717) is 0 Å². The predicted octanol–water partition coefficient (Wildman–Crippen LogP) is 1.95. The fourth-order valence-corrected chi connectivity index (χ4v) is 2.04. The molecule has 0 spiro atoms. The van der Waals surface area contributed by atoms with Crippen molar-refractivity contribution in [1.82, 2.24) is 0 Å². The molecule has 1 heteroatoms. The zero-order valence-corrected chi connectivity index (χ0v) is 7.01. The Kier molecular flexibility index (Phi) is 4.60. The van der Waals surface area contributed by atoms with Crippen molar-refractivity contribution in [3.63, 3.8) is 0 Å². The fourth-order valence-electron chi connectivity index (χ4n) is 0.304. The standard InChI is InChI=1S/C6H11Te/c1-4-7(5-2)6-3/h4-5H,1-2,6H2,3H3/q+1. The Hall–Kier alpha value is 0.270. The van der Waals surface area contributed by atoms with Gasteiger partial charge in [-0.05, 0) is 0 Å². The molecule has 0 amide bonds. The van der Waals surface area contributed by atoms with Gasteiger partial charge in [0.05, 0.1) is 0 Å². The van der Waals surface area contributed by atoms with Gasteiger partial charge in [-0.3, -0.25) is 0 Å². The Balaban J connectivity index is 3.36. The molecule has 0 unspecified atom stereocenters. The van der Waals surface area contributed by atoms with Crippen LogP contribution in [0.1, 0.15) is 6.92 Å². The van der Waals surface area contributed by atoms with Crippen molar-refractivity contribution in [3.8, 4) is 0 Å². The third-order valence-corrected chi connectivity index (χ3v) is 5.11. The first-order chi connectivity index (χ1) is 3.35. The first kappa shape index (κ1) is 7.27. The van der Waals surface area contributed by atoms with Crippen molar-refractivity contribution in [2.24, 2.45) is 0 Å². The van der Waals surface area contributed by atoms with Gasteiger partial charge >= 0.3 is 52.3 Å². The van der Waals surface area contributed by atoms with E-state index in [0.717, 1.165) is 0 Å². The van der Waals surface area contributed by atoms with Crippen molar-refractivity contribution >= 4 is 19.6 Å². The van der Waals surface area contributed by atoms with Crippen LogP contribution in [0, 0.1) is 0 Å². The van der Waals surface area contributed by atoms with Gasteiger partial charge in [0.25, 0.3) is 0 Å². The molecule has 7 heavy (non-hydrogen) atoms. The Morgan fingerprint density at radius 2 is 1.86 bits per heavy atom. The Morgan fingerprint density at radius 3 is 1.86 bits per heavy atom. The van der Waals surface area contributed by atoms with Crippen LogP contribution >= 0.6 is 0 Å². The zero-order valence-electron chi connectivity index (χ0n) is 4.68. The van der Waals surface area contributed by atoms with E-state index in [1.54, 1.807) is 0 Å². The molecule has 0 radical (unpaired) electrons. The summed E-state index contributed by atoms with van der Waals surface area (Å²) in [6.07, 6.45) is 0. The van der Waals surface area contributed by atoms with Crippen molar-refractivity contribution in [2.75, 3.05) is 0 Å². The summed E-state index contributed by atoms with van der Waals surface area (Å²) >= 11 is -0.903. The molecule has 0 aromatic heterocycles. The molecule has 0 aliphatic carbocycles. The van der Waals surface area contributed by atoms with E-state index >= 15 is 0 Å². The van der Waals surface area contributed by atoms with Gasteiger partial charge in [-0.2, -0.15) is 0 Å². The van der Waals surface area contributed by atoms with Crippen molar-refractivity contribution in [2.45, 2.75) is 11.4 Å². The van der Waals surface area contributed by atoms with Crippen molar-refractivity contribution in [3.05, 3.63) is 21.4 Å². The van der Waals surface area contributed by atoms with Crippen LogP contribution in [0.15, 0.2) is 21.4 Å². The normalized spacial score (nSPS) is 8.86. The van der Waals surface area contributed by atoms with Gasteiger partial charge in [0.2, 0.25) is 0 Å². The molecule has 0 nitrogen and oxygen atoms in total. The predicted molar refractivity (Wildman–Crippen MR) is 36.6 cm³/mol. The summed E-state index contributed by atoms with van der Waals surface area (Å²) in [4.78, 5) is 0. The molecule has 0 aliphatic rings. The molecule has 0 saturated heterocycles. The van der Waals surface area contributed by atoms with Crippen LogP contribution in [0.2, 0.25) is 4.47 Å².